The molecule has 0 N–H and O–H groups in total. The molecule has 0 atom stereocenters. The highest BCUT2D eigenvalue weighted by atomic mass is 19.1. The van der Waals surface area contributed by atoms with Crippen molar-refractivity contribution in [1.82, 2.24) is 4.98 Å². The first-order valence-electron chi connectivity index (χ1n) is 4.34. The first-order valence-corrected chi connectivity index (χ1v) is 4.34. The normalized spacial score (nSPS) is 10.3. The number of esters is 1. The third-order valence-corrected chi connectivity index (χ3v) is 2.08. The molecule has 15 heavy (non-hydrogen) atoms. The Morgan fingerprint density at radius 3 is 2.87 bits per heavy atom. The van der Waals surface area contributed by atoms with E-state index in [4.69, 9.17) is 0 Å². The van der Waals surface area contributed by atoms with Gasteiger partial charge >= 0.3 is 5.97 Å². The topological polar surface area (TPSA) is 39.2 Å². The van der Waals surface area contributed by atoms with Gasteiger partial charge in [0.1, 0.15) is 11.5 Å². The molecular weight excluding hydrogens is 197 g/mol. The van der Waals surface area contributed by atoms with E-state index in [-0.39, 0.29) is 11.5 Å². The lowest BCUT2D eigenvalue weighted by Crippen LogP contribution is -2.03. The molecule has 0 unspecified atom stereocenters. The standard InChI is InChI=1S/C11H8FNO2/c1-15-11(14)10-5-8-4-9(12)3-2-7(8)6-13-10/h2-6H,1H3. The van der Waals surface area contributed by atoms with Crippen LogP contribution >= 0.6 is 0 Å². The van der Waals surface area contributed by atoms with Crippen molar-refractivity contribution in [1.29, 1.82) is 0 Å². The maximum Gasteiger partial charge on any atom is 0.356 e. The van der Waals surface area contributed by atoms with Crippen molar-refractivity contribution in [2.24, 2.45) is 0 Å². The molecule has 1 aromatic carbocycles. The molecule has 1 heterocycles. The number of nitrogens with zero attached hydrogens (tertiary/aromatic N) is 1. The monoisotopic (exact) mass is 205 g/mol. The van der Waals surface area contributed by atoms with Crippen molar-refractivity contribution in [3.63, 3.8) is 0 Å². The molecule has 0 bridgehead atoms. The second kappa shape index (κ2) is 3.65. The highest BCUT2D eigenvalue weighted by Crippen LogP contribution is 2.15. The SMILES string of the molecule is COC(=O)c1cc2cc(F)ccc2cn1. The van der Waals surface area contributed by atoms with Crippen LogP contribution < -0.4 is 0 Å². The Labute approximate surface area is 85.5 Å². The van der Waals surface area contributed by atoms with E-state index in [0.29, 0.717) is 5.39 Å². The zero-order valence-electron chi connectivity index (χ0n) is 8.03. The summed E-state index contributed by atoms with van der Waals surface area (Å²) < 4.78 is 17.4. The molecule has 0 spiro atoms. The van der Waals surface area contributed by atoms with Gasteiger partial charge in [0.25, 0.3) is 0 Å². The van der Waals surface area contributed by atoms with Gasteiger partial charge in [0.15, 0.2) is 0 Å². The van der Waals surface area contributed by atoms with Crippen molar-refractivity contribution in [3.8, 4) is 0 Å². The number of rotatable bonds is 1. The van der Waals surface area contributed by atoms with E-state index in [9.17, 15) is 9.18 Å². The molecule has 0 aliphatic heterocycles. The lowest BCUT2D eigenvalue weighted by molar-refractivity contribution is 0.0594. The number of methoxy groups -OCH3 is 1. The van der Waals surface area contributed by atoms with E-state index in [0.717, 1.165) is 5.39 Å². The maximum atomic E-state index is 12.9. The summed E-state index contributed by atoms with van der Waals surface area (Å²) in [6.45, 7) is 0. The van der Waals surface area contributed by atoms with Crippen molar-refractivity contribution in [2.45, 2.75) is 0 Å². The minimum atomic E-state index is -0.527. The average molecular weight is 205 g/mol. The van der Waals surface area contributed by atoms with Gasteiger partial charge < -0.3 is 4.74 Å². The molecule has 0 aliphatic carbocycles. The molecule has 3 nitrogen and oxygen atoms in total. The number of ether oxygens (including phenoxy) is 1. The number of halogens is 1. The molecule has 1 aromatic heterocycles. The Hall–Kier alpha value is -1.97. The molecule has 76 valence electrons. The predicted octanol–water partition coefficient (Wildman–Crippen LogP) is 2.16. The molecule has 0 saturated carbocycles. The van der Waals surface area contributed by atoms with Crippen LogP contribution in [0.15, 0.2) is 30.5 Å². The summed E-state index contributed by atoms with van der Waals surface area (Å²) >= 11 is 0. The number of aromatic nitrogens is 1. The summed E-state index contributed by atoms with van der Waals surface area (Å²) in [5.74, 6) is -0.870. The van der Waals surface area contributed by atoms with Gasteiger partial charge in [-0.1, -0.05) is 0 Å². The highest BCUT2D eigenvalue weighted by Gasteiger charge is 2.07. The fourth-order valence-electron chi connectivity index (χ4n) is 1.33. The van der Waals surface area contributed by atoms with Crippen LogP contribution in [-0.4, -0.2) is 18.1 Å². The average Bonchev–Trinajstić information content (AvgIpc) is 2.27. The van der Waals surface area contributed by atoms with Crippen molar-refractivity contribution < 1.29 is 13.9 Å². The predicted molar refractivity (Wildman–Crippen MR) is 53.0 cm³/mol. The van der Waals surface area contributed by atoms with E-state index in [2.05, 4.69) is 9.72 Å². The Bertz CT molecular complexity index is 525. The minimum Gasteiger partial charge on any atom is -0.464 e. The minimum absolute atomic E-state index is 0.176. The highest BCUT2D eigenvalue weighted by molar-refractivity contribution is 5.92. The molecule has 0 amide bonds. The number of carbonyl (C=O) groups excluding carboxylic acids is 1. The zero-order chi connectivity index (χ0) is 10.8. The first kappa shape index (κ1) is 9.58. The molecule has 0 radical (unpaired) electrons. The second-order valence-corrected chi connectivity index (χ2v) is 3.05. The summed E-state index contributed by atoms with van der Waals surface area (Å²) in [7, 11) is 1.28. The first-order chi connectivity index (χ1) is 7.20. The Kier molecular flexibility index (Phi) is 2.33. The van der Waals surface area contributed by atoms with Crippen LogP contribution in [0, 0.1) is 5.82 Å². The fourth-order valence-corrected chi connectivity index (χ4v) is 1.33. The van der Waals surface area contributed by atoms with Crippen LogP contribution in [0.25, 0.3) is 10.8 Å². The van der Waals surface area contributed by atoms with E-state index in [1.54, 1.807) is 6.07 Å². The quantitative estimate of drug-likeness (QED) is 0.669. The van der Waals surface area contributed by atoms with Gasteiger partial charge in [0.05, 0.1) is 7.11 Å². The second-order valence-electron chi connectivity index (χ2n) is 3.05. The zero-order valence-corrected chi connectivity index (χ0v) is 8.03. The largest absolute Gasteiger partial charge is 0.464 e. The third-order valence-electron chi connectivity index (χ3n) is 2.08. The summed E-state index contributed by atoms with van der Waals surface area (Å²) in [6.07, 6.45) is 1.51. The van der Waals surface area contributed by atoms with Crippen LogP contribution in [0.5, 0.6) is 0 Å². The van der Waals surface area contributed by atoms with Gasteiger partial charge in [0.2, 0.25) is 0 Å². The summed E-state index contributed by atoms with van der Waals surface area (Å²) in [4.78, 5) is 15.1. The van der Waals surface area contributed by atoms with E-state index in [1.165, 1.54) is 31.5 Å². The number of benzene rings is 1. The molecular formula is C11H8FNO2. The van der Waals surface area contributed by atoms with E-state index < -0.39 is 5.97 Å². The van der Waals surface area contributed by atoms with Gasteiger partial charge in [-0.15, -0.1) is 0 Å². The van der Waals surface area contributed by atoms with Crippen LogP contribution in [0.2, 0.25) is 0 Å². The lowest BCUT2D eigenvalue weighted by Gasteiger charge is -2.01. The maximum absolute atomic E-state index is 12.9. The molecule has 0 aliphatic rings. The Balaban J connectivity index is 2.59. The number of hydrogen-bond donors (Lipinski definition) is 0. The van der Waals surface area contributed by atoms with Gasteiger partial charge in [-0.3, -0.25) is 0 Å². The smallest absolute Gasteiger partial charge is 0.356 e. The Morgan fingerprint density at radius 1 is 1.33 bits per heavy atom. The molecule has 0 saturated heterocycles. The molecule has 4 heteroatoms. The van der Waals surface area contributed by atoms with Gasteiger partial charge in [-0.2, -0.15) is 0 Å². The number of fused-ring (bicyclic) bond motifs is 1. The van der Waals surface area contributed by atoms with Crippen LogP contribution in [-0.2, 0) is 4.74 Å². The van der Waals surface area contributed by atoms with Crippen LogP contribution in [0.3, 0.4) is 0 Å². The summed E-state index contributed by atoms with van der Waals surface area (Å²) in [5, 5.41) is 1.41. The van der Waals surface area contributed by atoms with Gasteiger partial charge in [0, 0.05) is 11.6 Å². The number of carbonyl (C=O) groups is 1. The van der Waals surface area contributed by atoms with Crippen molar-refractivity contribution in [3.05, 3.63) is 42.0 Å². The number of hydrogen-bond acceptors (Lipinski definition) is 3. The lowest BCUT2D eigenvalue weighted by atomic mass is 10.1. The third kappa shape index (κ3) is 1.79. The Morgan fingerprint density at radius 2 is 2.13 bits per heavy atom. The molecule has 0 fully saturated rings. The van der Waals surface area contributed by atoms with E-state index >= 15 is 0 Å². The molecule has 2 rings (SSSR count). The van der Waals surface area contributed by atoms with Crippen molar-refractivity contribution >= 4 is 16.7 Å². The fraction of sp³-hybridized carbons (Fsp3) is 0.0909. The summed E-state index contributed by atoms with van der Waals surface area (Å²) in [6, 6.07) is 5.81. The van der Waals surface area contributed by atoms with E-state index in [1.807, 2.05) is 0 Å². The molecule has 2 aromatic rings. The van der Waals surface area contributed by atoms with Gasteiger partial charge in [-0.05, 0) is 29.7 Å². The number of pyridine rings is 1. The van der Waals surface area contributed by atoms with Gasteiger partial charge in [-0.25, -0.2) is 14.2 Å². The summed E-state index contributed by atoms with van der Waals surface area (Å²) in [5.41, 5.74) is 0.176. The van der Waals surface area contributed by atoms with Crippen LogP contribution in [0.4, 0.5) is 4.39 Å². The van der Waals surface area contributed by atoms with Crippen LogP contribution in [0.1, 0.15) is 10.5 Å². The van der Waals surface area contributed by atoms with Crippen molar-refractivity contribution in [2.75, 3.05) is 7.11 Å².